The van der Waals surface area contributed by atoms with Gasteiger partial charge in [0.25, 0.3) is 5.24 Å². The fourth-order valence-corrected chi connectivity index (χ4v) is 5.03. The Morgan fingerprint density at radius 3 is 2.55 bits per heavy atom. The minimum atomic E-state index is -0.457. The van der Waals surface area contributed by atoms with Crippen molar-refractivity contribution in [3.8, 4) is 11.5 Å². The van der Waals surface area contributed by atoms with E-state index in [0.717, 1.165) is 52.7 Å². The van der Waals surface area contributed by atoms with Gasteiger partial charge in [0.2, 0.25) is 11.8 Å². The topological polar surface area (TPSA) is 84.9 Å². The van der Waals surface area contributed by atoms with Gasteiger partial charge in [0.1, 0.15) is 11.5 Å². The van der Waals surface area contributed by atoms with Crippen LogP contribution in [0.1, 0.15) is 42.9 Å². The molecule has 0 aliphatic carbocycles. The molecule has 1 N–H and O–H groups in total. The molecule has 33 heavy (non-hydrogen) atoms. The van der Waals surface area contributed by atoms with Crippen molar-refractivity contribution < 1.29 is 23.9 Å². The van der Waals surface area contributed by atoms with Gasteiger partial charge in [-0.25, -0.2) is 0 Å². The first-order chi connectivity index (χ1) is 16.0. The Kier molecular flexibility index (Phi) is 7.23. The summed E-state index contributed by atoms with van der Waals surface area (Å²) in [6.07, 6.45) is 3.49. The standard InChI is InChI=1S/C25H28N2O5S/c1-3-4-13-32-18-8-5-16(6-9-18)15-27-22(28)12-10-19-17(7-11-20(31-2)23(19)27)14-21-24(29)26-25(30)33-21/h5-9,11,21H,3-4,10,12-15H2,1-2H3,(H,26,29,30). The van der Waals surface area contributed by atoms with Gasteiger partial charge < -0.3 is 14.4 Å². The van der Waals surface area contributed by atoms with Crippen molar-refractivity contribution in [1.29, 1.82) is 0 Å². The van der Waals surface area contributed by atoms with Gasteiger partial charge in [-0.05, 0) is 54.2 Å². The zero-order chi connectivity index (χ0) is 23.4. The second kappa shape index (κ2) is 10.3. The van der Waals surface area contributed by atoms with E-state index in [2.05, 4.69) is 12.2 Å². The second-order valence-electron chi connectivity index (χ2n) is 8.17. The molecule has 0 radical (unpaired) electrons. The zero-order valence-electron chi connectivity index (χ0n) is 18.9. The molecule has 0 aromatic heterocycles. The van der Waals surface area contributed by atoms with Crippen molar-refractivity contribution in [2.75, 3.05) is 18.6 Å². The number of ether oxygens (including phenoxy) is 2. The molecule has 2 aliphatic rings. The average Bonchev–Trinajstić information content (AvgIpc) is 3.13. The molecule has 2 aromatic rings. The number of nitrogens with zero attached hydrogens (tertiary/aromatic N) is 1. The number of imide groups is 1. The summed E-state index contributed by atoms with van der Waals surface area (Å²) in [5.41, 5.74) is 3.71. The van der Waals surface area contributed by atoms with Crippen LogP contribution in [0.3, 0.4) is 0 Å². The molecule has 2 aromatic carbocycles. The molecule has 0 bridgehead atoms. The number of unbranched alkanes of at least 4 members (excludes halogenated alkanes) is 1. The van der Waals surface area contributed by atoms with Gasteiger partial charge in [-0.15, -0.1) is 0 Å². The van der Waals surface area contributed by atoms with E-state index in [4.69, 9.17) is 9.47 Å². The highest BCUT2D eigenvalue weighted by Gasteiger charge is 2.34. The Bertz CT molecular complexity index is 1050. The van der Waals surface area contributed by atoms with Crippen LogP contribution in [0, 0.1) is 0 Å². The first-order valence-corrected chi connectivity index (χ1v) is 12.1. The van der Waals surface area contributed by atoms with E-state index >= 15 is 0 Å². The summed E-state index contributed by atoms with van der Waals surface area (Å²) in [6, 6.07) is 11.6. The predicted molar refractivity (Wildman–Crippen MR) is 128 cm³/mol. The Morgan fingerprint density at radius 1 is 1.09 bits per heavy atom. The molecule has 2 heterocycles. The number of carbonyl (C=O) groups is 3. The van der Waals surface area contributed by atoms with Gasteiger partial charge in [-0.1, -0.05) is 43.3 Å². The molecule has 174 valence electrons. The van der Waals surface area contributed by atoms with Crippen molar-refractivity contribution in [3.63, 3.8) is 0 Å². The van der Waals surface area contributed by atoms with E-state index in [1.54, 1.807) is 12.0 Å². The number of amides is 3. The summed E-state index contributed by atoms with van der Waals surface area (Å²) in [4.78, 5) is 38.4. The SMILES string of the molecule is CCCCOc1ccc(CN2C(=O)CCc3c(CC4SC(=O)NC4=O)ccc(OC)c32)cc1. The number of methoxy groups -OCH3 is 1. The van der Waals surface area contributed by atoms with Crippen molar-refractivity contribution in [3.05, 3.63) is 53.1 Å². The highest BCUT2D eigenvalue weighted by atomic mass is 32.2. The quantitative estimate of drug-likeness (QED) is 0.554. The van der Waals surface area contributed by atoms with Crippen molar-refractivity contribution in [1.82, 2.24) is 5.32 Å². The molecule has 7 nitrogen and oxygen atoms in total. The number of hydrogen-bond acceptors (Lipinski definition) is 6. The van der Waals surface area contributed by atoms with Crippen molar-refractivity contribution in [2.45, 2.75) is 50.8 Å². The van der Waals surface area contributed by atoms with Crippen LogP contribution in [0.4, 0.5) is 10.5 Å². The maximum absolute atomic E-state index is 13.0. The van der Waals surface area contributed by atoms with Crippen LogP contribution in [0.25, 0.3) is 0 Å². The number of nitrogens with one attached hydrogen (secondary N) is 1. The molecular formula is C25H28N2O5S. The highest BCUT2D eigenvalue weighted by molar-refractivity contribution is 8.15. The highest BCUT2D eigenvalue weighted by Crippen LogP contribution is 2.41. The smallest absolute Gasteiger partial charge is 0.286 e. The zero-order valence-corrected chi connectivity index (χ0v) is 19.7. The minimum absolute atomic E-state index is 0.0318. The summed E-state index contributed by atoms with van der Waals surface area (Å²) in [5.74, 6) is 1.21. The largest absolute Gasteiger partial charge is 0.495 e. The number of rotatable bonds is 9. The van der Waals surface area contributed by atoms with Crippen LogP contribution >= 0.6 is 11.8 Å². The lowest BCUT2D eigenvalue weighted by Gasteiger charge is -2.32. The summed E-state index contributed by atoms with van der Waals surface area (Å²) < 4.78 is 11.4. The van der Waals surface area contributed by atoms with Gasteiger partial charge >= 0.3 is 0 Å². The fourth-order valence-electron chi connectivity index (χ4n) is 4.18. The van der Waals surface area contributed by atoms with Crippen LogP contribution in [0.2, 0.25) is 0 Å². The first kappa shape index (κ1) is 23.2. The fraction of sp³-hybridized carbons (Fsp3) is 0.400. The Morgan fingerprint density at radius 2 is 1.88 bits per heavy atom. The lowest BCUT2D eigenvalue weighted by molar-refractivity contribution is -0.119. The van der Waals surface area contributed by atoms with Gasteiger partial charge in [-0.2, -0.15) is 0 Å². The van der Waals surface area contributed by atoms with E-state index in [1.807, 2.05) is 36.4 Å². The second-order valence-corrected chi connectivity index (χ2v) is 9.34. The Labute approximate surface area is 197 Å². The average molecular weight is 469 g/mol. The summed E-state index contributed by atoms with van der Waals surface area (Å²) in [7, 11) is 1.59. The van der Waals surface area contributed by atoms with Gasteiger partial charge in [0, 0.05) is 6.42 Å². The van der Waals surface area contributed by atoms with Crippen LogP contribution in [0.15, 0.2) is 36.4 Å². The normalized spacial score (nSPS) is 17.7. The van der Waals surface area contributed by atoms with E-state index in [0.29, 0.717) is 38.2 Å². The number of anilines is 1. The van der Waals surface area contributed by atoms with E-state index in [9.17, 15) is 14.4 Å². The molecule has 0 spiro atoms. The Hall–Kier alpha value is -3.00. The van der Waals surface area contributed by atoms with Crippen LogP contribution in [0.5, 0.6) is 11.5 Å². The molecular weight excluding hydrogens is 440 g/mol. The van der Waals surface area contributed by atoms with Gasteiger partial charge in [-0.3, -0.25) is 19.7 Å². The van der Waals surface area contributed by atoms with Crippen LogP contribution in [-0.2, 0) is 29.0 Å². The minimum Gasteiger partial charge on any atom is -0.495 e. The van der Waals surface area contributed by atoms with Crippen LogP contribution in [-0.4, -0.2) is 36.0 Å². The molecule has 1 unspecified atom stereocenters. The maximum atomic E-state index is 13.0. The molecule has 8 heteroatoms. The van der Waals surface area contributed by atoms with E-state index < -0.39 is 5.25 Å². The van der Waals surface area contributed by atoms with Crippen LogP contribution < -0.4 is 19.7 Å². The molecule has 1 fully saturated rings. The van der Waals surface area contributed by atoms with Gasteiger partial charge in [0.15, 0.2) is 0 Å². The third kappa shape index (κ3) is 5.16. The summed E-state index contributed by atoms with van der Waals surface area (Å²) >= 11 is 1.02. The number of hydrogen-bond donors (Lipinski definition) is 1. The van der Waals surface area contributed by atoms with Crippen molar-refractivity contribution >= 4 is 34.5 Å². The number of benzene rings is 2. The van der Waals surface area contributed by atoms with E-state index in [1.165, 1.54) is 0 Å². The number of carbonyl (C=O) groups excluding carboxylic acids is 3. The lowest BCUT2D eigenvalue weighted by Crippen LogP contribution is -2.35. The van der Waals surface area contributed by atoms with Gasteiger partial charge in [0.05, 0.1) is 31.2 Å². The third-order valence-corrected chi connectivity index (χ3v) is 6.91. The molecule has 4 rings (SSSR count). The van der Waals surface area contributed by atoms with E-state index in [-0.39, 0.29) is 17.1 Å². The maximum Gasteiger partial charge on any atom is 0.286 e. The molecule has 0 saturated carbocycles. The lowest BCUT2D eigenvalue weighted by atomic mass is 9.92. The summed E-state index contributed by atoms with van der Waals surface area (Å²) in [6.45, 7) is 3.23. The monoisotopic (exact) mass is 468 g/mol. The first-order valence-electron chi connectivity index (χ1n) is 11.2. The third-order valence-electron chi connectivity index (χ3n) is 5.93. The number of fused-ring (bicyclic) bond motifs is 1. The molecule has 1 saturated heterocycles. The number of thioether (sulfide) groups is 1. The molecule has 3 amide bonds. The predicted octanol–water partition coefficient (Wildman–Crippen LogP) is 4.25. The molecule has 1 atom stereocenters. The molecule has 2 aliphatic heterocycles. The Balaban J connectivity index is 1.59. The summed E-state index contributed by atoms with van der Waals surface area (Å²) in [5, 5.41) is 1.57. The van der Waals surface area contributed by atoms with Crippen molar-refractivity contribution in [2.24, 2.45) is 0 Å².